The Bertz CT molecular complexity index is 499. The van der Waals surface area contributed by atoms with Gasteiger partial charge in [-0.25, -0.2) is 0 Å². The van der Waals surface area contributed by atoms with E-state index in [0.29, 0.717) is 24.9 Å². The number of likely N-dealkylation sites (tertiary alicyclic amines) is 1. The van der Waals surface area contributed by atoms with Crippen LogP contribution < -0.4 is 5.32 Å². The van der Waals surface area contributed by atoms with Crippen molar-refractivity contribution < 1.29 is 9.53 Å². The van der Waals surface area contributed by atoms with Crippen LogP contribution in [0.1, 0.15) is 37.7 Å². The van der Waals surface area contributed by atoms with Crippen LogP contribution in [-0.4, -0.2) is 49.7 Å². The second-order valence-corrected chi connectivity index (χ2v) is 6.74. The van der Waals surface area contributed by atoms with Gasteiger partial charge in [0.1, 0.15) is 0 Å². The lowest BCUT2D eigenvalue weighted by atomic mass is 9.79. The summed E-state index contributed by atoms with van der Waals surface area (Å²) >= 11 is 0. The number of nitrogens with zero attached hydrogens (tertiary/aromatic N) is 1. The first-order chi connectivity index (χ1) is 11.3. The van der Waals surface area contributed by atoms with Crippen molar-refractivity contribution in [3.63, 3.8) is 0 Å². The highest BCUT2D eigenvalue weighted by atomic mass is 16.5. The minimum absolute atomic E-state index is 0.183. The summed E-state index contributed by atoms with van der Waals surface area (Å²) in [6.07, 6.45) is 2.75. The monoisotopic (exact) mass is 316 g/mol. The molecule has 23 heavy (non-hydrogen) atoms. The number of ether oxygens (including phenoxy) is 1. The van der Waals surface area contributed by atoms with Crippen molar-refractivity contribution in [3.8, 4) is 0 Å². The van der Waals surface area contributed by atoms with Crippen LogP contribution in [0.4, 0.5) is 0 Å². The standard InChI is InChI=1S/C19H28N2O2/c1-2-15-13-21(19(22)12-17-14-23-11-9-20-17)10-8-18(15)16-6-4-3-5-7-16/h3-7,15,17-18,20H,2,8-14H2,1H3. The van der Waals surface area contributed by atoms with Crippen LogP contribution in [0.5, 0.6) is 0 Å². The van der Waals surface area contributed by atoms with Crippen molar-refractivity contribution in [1.29, 1.82) is 0 Å². The van der Waals surface area contributed by atoms with E-state index >= 15 is 0 Å². The largest absolute Gasteiger partial charge is 0.378 e. The van der Waals surface area contributed by atoms with Gasteiger partial charge in [0, 0.05) is 32.1 Å². The molecule has 4 heteroatoms. The molecular weight excluding hydrogens is 288 g/mol. The molecule has 1 aromatic rings. The SMILES string of the molecule is CCC1CN(C(=O)CC2COCCN2)CCC1c1ccccc1. The molecule has 1 N–H and O–H groups in total. The molecule has 2 aliphatic heterocycles. The number of morpholine rings is 1. The Morgan fingerprint density at radius 1 is 1.35 bits per heavy atom. The molecule has 0 spiro atoms. The van der Waals surface area contributed by atoms with Crippen LogP contribution in [0, 0.1) is 5.92 Å². The van der Waals surface area contributed by atoms with Gasteiger partial charge in [-0.05, 0) is 23.8 Å². The first-order valence-corrected chi connectivity index (χ1v) is 8.91. The maximum Gasteiger partial charge on any atom is 0.224 e. The van der Waals surface area contributed by atoms with Crippen molar-refractivity contribution in [2.75, 3.05) is 32.8 Å². The molecule has 126 valence electrons. The molecule has 4 nitrogen and oxygen atoms in total. The summed E-state index contributed by atoms with van der Waals surface area (Å²) in [5, 5.41) is 3.38. The minimum Gasteiger partial charge on any atom is -0.378 e. The fourth-order valence-electron chi connectivity index (χ4n) is 3.90. The molecule has 3 unspecified atom stereocenters. The summed E-state index contributed by atoms with van der Waals surface area (Å²) in [7, 11) is 0. The molecule has 1 amide bonds. The Hall–Kier alpha value is -1.39. The van der Waals surface area contributed by atoms with E-state index in [1.54, 1.807) is 0 Å². The van der Waals surface area contributed by atoms with Crippen LogP contribution in [0.25, 0.3) is 0 Å². The van der Waals surface area contributed by atoms with Gasteiger partial charge in [-0.15, -0.1) is 0 Å². The predicted octanol–water partition coefficient (Wildman–Crippen LogP) is 2.41. The summed E-state index contributed by atoms with van der Waals surface area (Å²) in [6.45, 7) is 6.27. The fraction of sp³-hybridized carbons (Fsp3) is 0.632. The number of hydrogen-bond acceptors (Lipinski definition) is 3. The summed E-state index contributed by atoms with van der Waals surface area (Å²) in [6, 6.07) is 11.0. The minimum atomic E-state index is 0.183. The zero-order valence-corrected chi connectivity index (χ0v) is 14.0. The third-order valence-electron chi connectivity index (χ3n) is 5.26. The number of carbonyl (C=O) groups is 1. The molecule has 2 saturated heterocycles. The average Bonchev–Trinajstić information content (AvgIpc) is 2.62. The van der Waals surface area contributed by atoms with Crippen LogP contribution in [0.3, 0.4) is 0 Å². The quantitative estimate of drug-likeness (QED) is 0.927. The van der Waals surface area contributed by atoms with Gasteiger partial charge in [-0.1, -0.05) is 43.7 Å². The van der Waals surface area contributed by atoms with Gasteiger partial charge in [-0.3, -0.25) is 4.79 Å². The molecule has 2 fully saturated rings. The van der Waals surface area contributed by atoms with Gasteiger partial charge in [0.25, 0.3) is 0 Å². The molecule has 3 rings (SSSR count). The van der Waals surface area contributed by atoms with Crippen molar-refractivity contribution in [3.05, 3.63) is 35.9 Å². The van der Waals surface area contributed by atoms with Crippen LogP contribution >= 0.6 is 0 Å². The topological polar surface area (TPSA) is 41.6 Å². The molecule has 3 atom stereocenters. The van der Waals surface area contributed by atoms with E-state index in [1.807, 2.05) is 0 Å². The second kappa shape index (κ2) is 7.93. The number of nitrogens with one attached hydrogen (secondary N) is 1. The number of rotatable bonds is 4. The lowest BCUT2D eigenvalue weighted by Crippen LogP contribution is -2.48. The van der Waals surface area contributed by atoms with Gasteiger partial charge in [-0.2, -0.15) is 0 Å². The van der Waals surface area contributed by atoms with Gasteiger partial charge in [0.05, 0.1) is 13.2 Å². The van der Waals surface area contributed by atoms with Gasteiger partial charge >= 0.3 is 0 Å². The summed E-state index contributed by atoms with van der Waals surface area (Å²) in [4.78, 5) is 14.7. The van der Waals surface area contributed by atoms with Crippen molar-refractivity contribution in [2.45, 2.75) is 38.1 Å². The predicted molar refractivity (Wildman–Crippen MR) is 91.4 cm³/mol. The summed E-state index contributed by atoms with van der Waals surface area (Å²) in [5.41, 5.74) is 1.42. The van der Waals surface area contributed by atoms with E-state index in [1.165, 1.54) is 5.56 Å². The van der Waals surface area contributed by atoms with Gasteiger partial charge < -0.3 is 15.0 Å². The Morgan fingerprint density at radius 2 is 2.17 bits per heavy atom. The van der Waals surface area contributed by atoms with E-state index in [2.05, 4.69) is 47.5 Å². The van der Waals surface area contributed by atoms with E-state index in [-0.39, 0.29) is 11.9 Å². The fourth-order valence-corrected chi connectivity index (χ4v) is 3.90. The van der Waals surface area contributed by atoms with Crippen molar-refractivity contribution in [1.82, 2.24) is 10.2 Å². The maximum atomic E-state index is 12.6. The van der Waals surface area contributed by atoms with E-state index in [9.17, 15) is 4.79 Å². The van der Waals surface area contributed by atoms with Crippen molar-refractivity contribution >= 4 is 5.91 Å². The maximum absolute atomic E-state index is 12.6. The van der Waals surface area contributed by atoms with Gasteiger partial charge in [0.15, 0.2) is 0 Å². The lowest BCUT2D eigenvalue weighted by molar-refractivity contribution is -0.134. The highest BCUT2D eigenvalue weighted by molar-refractivity contribution is 5.77. The summed E-state index contributed by atoms with van der Waals surface area (Å²) < 4.78 is 5.45. The van der Waals surface area contributed by atoms with Crippen LogP contribution in [0.15, 0.2) is 30.3 Å². The lowest BCUT2D eigenvalue weighted by Gasteiger charge is -2.39. The zero-order valence-electron chi connectivity index (χ0n) is 14.0. The molecule has 0 aliphatic carbocycles. The normalized spacial score (nSPS) is 28.6. The zero-order chi connectivity index (χ0) is 16.1. The molecule has 2 aliphatic rings. The smallest absolute Gasteiger partial charge is 0.224 e. The van der Waals surface area contributed by atoms with Crippen LogP contribution in [-0.2, 0) is 9.53 Å². The molecule has 0 aromatic heterocycles. The second-order valence-electron chi connectivity index (χ2n) is 6.74. The van der Waals surface area contributed by atoms with E-state index in [4.69, 9.17) is 4.74 Å². The molecular formula is C19H28N2O2. The molecule has 0 radical (unpaired) electrons. The number of hydrogen-bond donors (Lipinski definition) is 1. The molecule has 1 aromatic carbocycles. The summed E-state index contributed by atoms with van der Waals surface area (Å²) in [5.74, 6) is 1.42. The van der Waals surface area contributed by atoms with E-state index in [0.717, 1.165) is 39.1 Å². The third kappa shape index (κ3) is 4.12. The highest BCUT2D eigenvalue weighted by Crippen LogP contribution is 2.35. The number of piperidine rings is 1. The Kier molecular flexibility index (Phi) is 5.68. The Morgan fingerprint density at radius 3 is 2.87 bits per heavy atom. The highest BCUT2D eigenvalue weighted by Gasteiger charge is 2.32. The number of benzene rings is 1. The number of carbonyl (C=O) groups excluding carboxylic acids is 1. The Balaban J connectivity index is 1.58. The average molecular weight is 316 g/mol. The number of amides is 1. The first kappa shape index (κ1) is 16.5. The third-order valence-corrected chi connectivity index (χ3v) is 5.26. The molecule has 0 bridgehead atoms. The van der Waals surface area contributed by atoms with Crippen LogP contribution in [0.2, 0.25) is 0 Å². The Labute approximate surface area is 139 Å². The molecule has 2 heterocycles. The molecule has 0 saturated carbocycles. The van der Waals surface area contributed by atoms with E-state index < -0.39 is 0 Å². The van der Waals surface area contributed by atoms with Crippen molar-refractivity contribution in [2.24, 2.45) is 5.92 Å². The van der Waals surface area contributed by atoms with Gasteiger partial charge in [0.2, 0.25) is 5.91 Å². The first-order valence-electron chi connectivity index (χ1n) is 8.91.